The number of nitrogens with zero attached hydrogens (tertiary/aromatic N) is 1. The quantitative estimate of drug-likeness (QED) is 0.859. The van der Waals surface area contributed by atoms with E-state index in [2.05, 4.69) is 5.32 Å². The summed E-state index contributed by atoms with van der Waals surface area (Å²) in [5, 5.41) is 11.7. The number of benzene rings is 2. The average molecular weight is 318 g/mol. The fraction of sp³-hybridized carbons (Fsp3) is 0.235. The number of carbonyl (C=O) groups is 1. The van der Waals surface area contributed by atoms with E-state index in [9.17, 15) is 9.18 Å². The molecular weight excluding hydrogens is 299 g/mol. The van der Waals surface area contributed by atoms with Crippen molar-refractivity contribution in [3.8, 4) is 5.75 Å². The van der Waals surface area contributed by atoms with Crippen molar-refractivity contribution in [2.24, 2.45) is 0 Å². The summed E-state index contributed by atoms with van der Waals surface area (Å²) in [5.41, 5.74) is 1.87. The van der Waals surface area contributed by atoms with Crippen LogP contribution >= 0.6 is 0 Å². The molecule has 0 aliphatic heterocycles. The topological polar surface area (TPSA) is 61.8 Å². The second-order valence-corrected chi connectivity index (χ2v) is 5.00. The molecule has 23 heavy (non-hydrogen) atoms. The number of likely N-dealkylation sites (N-methyl/N-ethyl adjacent to an activating group) is 1. The summed E-state index contributed by atoms with van der Waals surface area (Å²) in [7, 11) is 3.22. The normalized spacial score (nSPS) is 10.3. The molecule has 0 aromatic heterocycles. The van der Waals surface area contributed by atoms with E-state index in [0.29, 0.717) is 17.8 Å². The monoisotopic (exact) mass is 318 g/mol. The fourth-order valence-corrected chi connectivity index (χ4v) is 2.08. The molecule has 2 N–H and O–H groups in total. The highest BCUT2D eigenvalue weighted by atomic mass is 19.1. The lowest BCUT2D eigenvalue weighted by atomic mass is 10.2. The Kier molecular flexibility index (Phi) is 5.54. The van der Waals surface area contributed by atoms with Crippen LogP contribution in [0.2, 0.25) is 0 Å². The molecular formula is C17H19FN2O3. The Hall–Kier alpha value is -2.60. The van der Waals surface area contributed by atoms with Crippen molar-refractivity contribution < 1.29 is 19.0 Å². The number of methoxy groups -OCH3 is 1. The van der Waals surface area contributed by atoms with Gasteiger partial charge in [-0.15, -0.1) is 0 Å². The third-order valence-electron chi connectivity index (χ3n) is 3.41. The molecule has 0 saturated carbocycles. The molecule has 0 saturated heterocycles. The number of ether oxygens (including phenoxy) is 1. The number of aliphatic hydroxyl groups is 1. The van der Waals surface area contributed by atoms with Crippen LogP contribution in [0.4, 0.5) is 15.8 Å². The number of amides is 1. The van der Waals surface area contributed by atoms with E-state index in [0.717, 1.165) is 5.69 Å². The van der Waals surface area contributed by atoms with Crippen molar-refractivity contribution in [2.75, 3.05) is 37.5 Å². The van der Waals surface area contributed by atoms with Crippen LogP contribution < -0.4 is 15.0 Å². The van der Waals surface area contributed by atoms with E-state index < -0.39 is 5.82 Å². The van der Waals surface area contributed by atoms with Gasteiger partial charge in [-0.3, -0.25) is 4.79 Å². The first-order valence-corrected chi connectivity index (χ1v) is 7.12. The maximum atomic E-state index is 13.4. The SMILES string of the molecule is COc1cc(C(=O)Nc2ccc(N(C)CCO)cc2)ccc1F. The Labute approximate surface area is 134 Å². The van der Waals surface area contributed by atoms with Crippen molar-refractivity contribution >= 4 is 17.3 Å². The Morgan fingerprint density at radius 3 is 2.57 bits per heavy atom. The van der Waals surface area contributed by atoms with E-state index in [1.807, 2.05) is 24.1 Å². The van der Waals surface area contributed by atoms with E-state index >= 15 is 0 Å². The van der Waals surface area contributed by atoms with Gasteiger partial charge in [-0.25, -0.2) is 4.39 Å². The number of hydrogen-bond donors (Lipinski definition) is 2. The summed E-state index contributed by atoms with van der Waals surface area (Å²) in [6.45, 7) is 0.600. The summed E-state index contributed by atoms with van der Waals surface area (Å²) in [4.78, 5) is 14.1. The average Bonchev–Trinajstić information content (AvgIpc) is 2.56. The molecule has 2 aromatic rings. The maximum absolute atomic E-state index is 13.4. The Balaban J connectivity index is 2.08. The van der Waals surface area contributed by atoms with E-state index in [1.54, 1.807) is 12.1 Å². The molecule has 0 unspecified atom stereocenters. The molecule has 2 rings (SSSR count). The molecule has 0 aliphatic rings. The minimum atomic E-state index is -0.514. The summed E-state index contributed by atoms with van der Waals surface area (Å²) in [6.07, 6.45) is 0. The van der Waals surface area contributed by atoms with Crippen LogP contribution in [0.3, 0.4) is 0 Å². The molecule has 6 heteroatoms. The van der Waals surface area contributed by atoms with Crippen LogP contribution in [0.5, 0.6) is 5.75 Å². The van der Waals surface area contributed by atoms with Gasteiger partial charge in [0.15, 0.2) is 11.6 Å². The zero-order valence-corrected chi connectivity index (χ0v) is 13.0. The van der Waals surface area contributed by atoms with Gasteiger partial charge in [0.25, 0.3) is 5.91 Å². The molecule has 0 bridgehead atoms. The Morgan fingerprint density at radius 2 is 1.96 bits per heavy atom. The third kappa shape index (κ3) is 4.20. The second kappa shape index (κ2) is 7.60. The van der Waals surface area contributed by atoms with Crippen molar-refractivity contribution in [3.63, 3.8) is 0 Å². The maximum Gasteiger partial charge on any atom is 0.255 e. The van der Waals surface area contributed by atoms with Gasteiger partial charge in [0.1, 0.15) is 0 Å². The zero-order chi connectivity index (χ0) is 16.8. The van der Waals surface area contributed by atoms with Crippen molar-refractivity contribution in [3.05, 3.63) is 53.8 Å². The van der Waals surface area contributed by atoms with Gasteiger partial charge in [-0.05, 0) is 42.5 Å². The van der Waals surface area contributed by atoms with Crippen LogP contribution in [0, 0.1) is 5.82 Å². The molecule has 5 nitrogen and oxygen atoms in total. The highest BCUT2D eigenvalue weighted by molar-refractivity contribution is 6.04. The fourth-order valence-electron chi connectivity index (χ4n) is 2.08. The smallest absolute Gasteiger partial charge is 0.255 e. The standard InChI is InChI=1S/C17H19FN2O3/c1-20(9-10-21)14-6-4-13(5-7-14)19-17(22)12-3-8-15(18)16(11-12)23-2/h3-8,11,21H,9-10H2,1-2H3,(H,19,22). The number of halogens is 1. The van der Waals surface area contributed by atoms with Gasteiger partial charge >= 0.3 is 0 Å². The Bertz CT molecular complexity index is 674. The highest BCUT2D eigenvalue weighted by Crippen LogP contribution is 2.20. The van der Waals surface area contributed by atoms with Gasteiger partial charge in [0, 0.05) is 30.5 Å². The summed E-state index contributed by atoms with van der Waals surface area (Å²) >= 11 is 0. The van der Waals surface area contributed by atoms with Crippen molar-refractivity contribution in [2.45, 2.75) is 0 Å². The molecule has 0 aliphatic carbocycles. The molecule has 0 radical (unpaired) electrons. The molecule has 0 fully saturated rings. The lowest BCUT2D eigenvalue weighted by molar-refractivity contribution is 0.102. The van der Waals surface area contributed by atoms with Gasteiger partial charge in [0.05, 0.1) is 13.7 Å². The van der Waals surface area contributed by atoms with Crippen LogP contribution in [-0.2, 0) is 0 Å². The largest absolute Gasteiger partial charge is 0.494 e. The first-order chi connectivity index (χ1) is 11.0. The minimum absolute atomic E-state index is 0.0265. The van der Waals surface area contributed by atoms with Gasteiger partial charge < -0.3 is 20.1 Å². The molecule has 2 aromatic carbocycles. The van der Waals surface area contributed by atoms with E-state index in [4.69, 9.17) is 9.84 Å². The number of aliphatic hydroxyl groups excluding tert-OH is 1. The zero-order valence-electron chi connectivity index (χ0n) is 13.0. The highest BCUT2D eigenvalue weighted by Gasteiger charge is 2.10. The number of anilines is 2. The number of rotatable bonds is 6. The van der Waals surface area contributed by atoms with Crippen LogP contribution in [0.25, 0.3) is 0 Å². The van der Waals surface area contributed by atoms with Crippen molar-refractivity contribution in [1.29, 1.82) is 0 Å². The predicted molar refractivity (Wildman–Crippen MR) is 87.7 cm³/mol. The predicted octanol–water partition coefficient (Wildman–Crippen LogP) is 2.52. The third-order valence-corrected chi connectivity index (χ3v) is 3.41. The van der Waals surface area contributed by atoms with Gasteiger partial charge in [-0.2, -0.15) is 0 Å². The molecule has 0 heterocycles. The Morgan fingerprint density at radius 1 is 1.26 bits per heavy atom. The summed E-state index contributed by atoms with van der Waals surface area (Å²) < 4.78 is 18.2. The van der Waals surface area contributed by atoms with E-state index in [-0.39, 0.29) is 18.3 Å². The van der Waals surface area contributed by atoms with Crippen LogP contribution in [0.1, 0.15) is 10.4 Å². The van der Waals surface area contributed by atoms with Crippen LogP contribution in [0.15, 0.2) is 42.5 Å². The molecule has 0 spiro atoms. The first kappa shape index (κ1) is 16.8. The van der Waals surface area contributed by atoms with Gasteiger partial charge in [0.2, 0.25) is 0 Å². The summed E-state index contributed by atoms with van der Waals surface area (Å²) in [6, 6.07) is 11.2. The van der Waals surface area contributed by atoms with Gasteiger partial charge in [-0.1, -0.05) is 0 Å². The minimum Gasteiger partial charge on any atom is -0.494 e. The lowest BCUT2D eigenvalue weighted by Gasteiger charge is -2.18. The molecule has 122 valence electrons. The lowest BCUT2D eigenvalue weighted by Crippen LogP contribution is -2.21. The number of nitrogens with one attached hydrogen (secondary N) is 1. The molecule has 1 amide bonds. The summed E-state index contributed by atoms with van der Waals surface area (Å²) in [5.74, 6) is -0.835. The second-order valence-electron chi connectivity index (χ2n) is 5.00. The number of carbonyl (C=O) groups excluding carboxylic acids is 1. The first-order valence-electron chi connectivity index (χ1n) is 7.12. The van der Waals surface area contributed by atoms with E-state index in [1.165, 1.54) is 25.3 Å². The van der Waals surface area contributed by atoms with Crippen LogP contribution in [-0.4, -0.2) is 38.3 Å². The number of hydrogen-bond acceptors (Lipinski definition) is 4. The van der Waals surface area contributed by atoms with Crippen molar-refractivity contribution in [1.82, 2.24) is 0 Å². The molecule has 0 atom stereocenters.